The lowest BCUT2D eigenvalue weighted by Gasteiger charge is -2.08. The number of nitrogens with zero attached hydrogens (tertiary/aromatic N) is 2. The zero-order valence-corrected chi connectivity index (χ0v) is 14.8. The van der Waals surface area contributed by atoms with Gasteiger partial charge in [-0.15, -0.1) is 11.3 Å². The van der Waals surface area contributed by atoms with Crippen molar-refractivity contribution < 1.29 is 0 Å². The van der Waals surface area contributed by atoms with E-state index in [1.54, 1.807) is 11.3 Å². The first kappa shape index (κ1) is 15.0. The van der Waals surface area contributed by atoms with Crippen LogP contribution >= 0.6 is 50.5 Å². The monoisotopic (exact) mass is 398 g/mol. The van der Waals surface area contributed by atoms with Gasteiger partial charge in [0.15, 0.2) is 5.82 Å². The topological polar surface area (TPSA) is 25.8 Å². The van der Waals surface area contributed by atoms with E-state index in [-0.39, 0.29) is 0 Å². The number of rotatable bonds is 2. The average molecular weight is 400 g/mol. The molecule has 6 heteroatoms. The third-order valence-electron chi connectivity index (χ3n) is 3.02. The molecular weight excluding hydrogens is 391 g/mol. The molecule has 0 aliphatic rings. The summed E-state index contributed by atoms with van der Waals surface area (Å²) in [7, 11) is 0. The zero-order valence-electron chi connectivity index (χ0n) is 10.9. The highest BCUT2D eigenvalue weighted by molar-refractivity contribution is 9.10. The van der Waals surface area contributed by atoms with Crippen molar-refractivity contribution in [2.75, 3.05) is 0 Å². The summed E-state index contributed by atoms with van der Waals surface area (Å²) in [5.74, 6) is 0.568. The van der Waals surface area contributed by atoms with Crippen LogP contribution in [-0.4, -0.2) is 9.97 Å². The molecule has 0 atom stereocenters. The lowest BCUT2D eigenvalue weighted by Crippen LogP contribution is -1.94. The van der Waals surface area contributed by atoms with Gasteiger partial charge in [-0.25, -0.2) is 9.97 Å². The standard InChI is InChI=1S/C15H9BrCl2N2S/c1-8-6-7-21-12(8)15-19-13(17)11(14(18)20-15)9-2-4-10(16)5-3-9/h2-7H,1H3. The smallest absolute Gasteiger partial charge is 0.172 e. The Morgan fingerprint density at radius 1 is 1.00 bits per heavy atom. The Morgan fingerprint density at radius 3 is 2.14 bits per heavy atom. The Balaban J connectivity index is 2.13. The average Bonchev–Trinajstić information content (AvgIpc) is 2.86. The maximum absolute atomic E-state index is 6.34. The predicted octanol–water partition coefficient (Wildman–Crippen LogP) is 6.25. The van der Waals surface area contributed by atoms with E-state index < -0.39 is 0 Å². The van der Waals surface area contributed by atoms with Crippen LogP contribution in [0.5, 0.6) is 0 Å². The van der Waals surface area contributed by atoms with Gasteiger partial charge in [-0.1, -0.05) is 51.3 Å². The first-order chi connectivity index (χ1) is 10.1. The fourth-order valence-electron chi connectivity index (χ4n) is 1.97. The summed E-state index contributed by atoms with van der Waals surface area (Å²) >= 11 is 17.7. The molecular formula is C15H9BrCl2N2S. The Hall–Kier alpha value is -0.940. The maximum atomic E-state index is 6.34. The van der Waals surface area contributed by atoms with Crippen LogP contribution in [0.25, 0.3) is 21.8 Å². The first-order valence-electron chi connectivity index (χ1n) is 6.09. The summed E-state index contributed by atoms with van der Waals surface area (Å²) in [5, 5.41) is 2.72. The maximum Gasteiger partial charge on any atom is 0.172 e. The van der Waals surface area contributed by atoms with Crippen LogP contribution in [0.2, 0.25) is 10.3 Å². The highest BCUT2D eigenvalue weighted by Gasteiger charge is 2.16. The molecule has 0 aliphatic carbocycles. The molecule has 0 saturated carbocycles. The van der Waals surface area contributed by atoms with E-state index in [0.717, 1.165) is 20.5 Å². The van der Waals surface area contributed by atoms with Crippen LogP contribution in [0.4, 0.5) is 0 Å². The highest BCUT2D eigenvalue weighted by Crippen LogP contribution is 2.36. The van der Waals surface area contributed by atoms with Crippen LogP contribution in [-0.2, 0) is 0 Å². The van der Waals surface area contributed by atoms with Crippen molar-refractivity contribution in [1.29, 1.82) is 0 Å². The lowest BCUT2D eigenvalue weighted by molar-refractivity contribution is 1.18. The molecule has 3 aromatic rings. The van der Waals surface area contributed by atoms with E-state index in [2.05, 4.69) is 25.9 Å². The van der Waals surface area contributed by atoms with Crippen molar-refractivity contribution in [3.8, 4) is 21.8 Å². The molecule has 2 heterocycles. The summed E-state index contributed by atoms with van der Waals surface area (Å²) in [5.41, 5.74) is 2.66. The second-order valence-electron chi connectivity index (χ2n) is 4.44. The summed E-state index contributed by atoms with van der Waals surface area (Å²) in [6, 6.07) is 9.74. The van der Waals surface area contributed by atoms with Crippen LogP contribution in [0.1, 0.15) is 5.56 Å². The highest BCUT2D eigenvalue weighted by atomic mass is 79.9. The van der Waals surface area contributed by atoms with Gasteiger partial charge in [0.2, 0.25) is 0 Å². The van der Waals surface area contributed by atoms with E-state index in [0.29, 0.717) is 21.7 Å². The van der Waals surface area contributed by atoms with Crippen molar-refractivity contribution in [3.63, 3.8) is 0 Å². The van der Waals surface area contributed by atoms with Gasteiger partial charge in [-0.05, 0) is 41.6 Å². The van der Waals surface area contributed by atoms with Gasteiger partial charge in [0, 0.05) is 4.47 Å². The van der Waals surface area contributed by atoms with Gasteiger partial charge in [-0.2, -0.15) is 0 Å². The van der Waals surface area contributed by atoms with Gasteiger partial charge in [0.1, 0.15) is 10.3 Å². The van der Waals surface area contributed by atoms with Gasteiger partial charge < -0.3 is 0 Å². The minimum Gasteiger partial charge on any atom is -0.215 e. The molecule has 1 aromatic carbocycles. The van der Waals surface area contributed by atoms with Crippen LogP contribution in [0.15, 0.2) is 40.2 Å². The largest absolute Gasteiger partial charge is 0.215 e. The SMILES string of the molecule is Cc1ccsc1-c1nc(Cl)c(-c2ccc(Br)cc2)c(Cl)n1. The third-order valence-corrected chi connectivity index (χ3v) is 5.11. The van der Waals surface area contributed by atoms with Gasteiger partial charge in [-0.3, -0.25) is 0 Å². The van der Waals surface area contributed by atoms with Gasteiger partial charge in [0.05, 0.1) is 10.4 Å². The normalized spacial score (nSPS) is 10.9. The molecule has 0 amide bonds. The molecule has 0 radical (unpaired) electrons. The fraction of sp³-hybridized carbons (Fsp3) is 0.0667. The van der Waals surface area contributed by atoms with Crippen molar-refractivity contribution in [3.05, 3.63) is 56.1 Å². The predicted molar refractivity (Wildman–Crippen MR) is 93.2 cm³/mol. The minimum atomic E-state index is 0.361. The minimum absolute atomic E-state index is 0.361. The van der Waals surface area contributed by atoms with Crippen LogP contribution in [0.3, 0.4) is 0 Å². The molecule has 2 aromatic heterocycles. The van der Waals surface area contributed by atoms with Crippen LogP contribution in [0, 0.1) is 6.92 Å². The molecule has 0 bridgehead atoms. The third kappa shape index (κ3) is 2.99. The lowest BCUT2D eigenvalue weighted by atomic mass is 10.1. The molecule has 0 unspecified atom stereocenters. The molecule has 0 N–H and O–H groups in total. The Morgan fingerprint density at radius 2 is 1.62 bits per heavy atom. The molecule has 0 spiro atoms. The molecule has 106 valence electrons. The van der Waals surface area contributed by atoms with Crippen molar-refractivity contribution >= 4 is 50.5 Å². The zero-order chi connectivity index (χ0) is 15.0. The molecule has 2 nitrogen and oxygen atoms in total. The Labute approximate surface area is 144 Å². The van der Waals surface area contributed by atoms with E-state index >= 15 is 0 Å². The number of aromatic nitrogens is 2. The molecule has 3 rings (SSSR count). The van der Waals surface area contributed by atoms with Gasteiger partial charge >= 0.3 is 0 Å². The fourth-order valence-corrected chi connectivity index (χ4v) is 3.69. The Kier molecular flexibility index (Phi) is 4.31. The quantitative estimate of drug-likeness (QED) is 0.476. The van der Waals surface area contributed by atoms with Crippen molar-refractivity contribution in [2.24, 2.45) is 0 Å². The van der Waals surface area contributed by atoms with E-state index in [1.807, 2.05) is 42.6 Å². The van der Waals surface area contributed by atoms with Gasteiger partial charge in [0.25, 0.3) is 0 Å². The summed E-state index contributed by atoms with van der Waals surface area (Å²) in [6.07, 6.45) is 0. The first-order valence-corrected chi connectivity index (χ1v) is 8.52. The molecule has 0 aliphatic heterocycles. The summed E-state index contributed by atoms with van der Waals surface area (Å²) in [6.45, 7) is 2.01. The number of benzene rings is 1. The number of aryl methyl sites for hydroxylation is 1. The van der Waals surface area contributed by atoms with E-state index in [1.165, 1.54) is 0 Å². The van der Waals surface area contributed by atoms with E-state index in [4.69, 9.17) is 23.2 Å². The Bertz CT molecular complexity index is 777. The molecule has 0 fully saturated rings. The summed E-state index contributed by atoms with van der Waals surface area (Å²) in [4.78, 5) is 9.80. The van der Waals surface area contributed by atoms with Crippen LogP contribution < -0.4 is 0 Å². The second kappa shape index (κ2) is 6.05. The van der Waals surface area contributed by atoms with Crippen molar-refractivity contribution in [2.45, 2.75) is 6.92 Å². The number of thiophene rings is 1. The number of halogens is 3. The summed E-state index contributed by atoms with van der Waals surface area (Å²) < 4.78 is 0.991. The van der Waals surface area contributed by atoms with Crippen molar-refractivity contribution in [1.82, 2.24) is 9.97 Å². The number of hydrogen-bond acceptors (Lipinski definition) is 3. The molecule has 21 heavy (non-hydrogen) atoms. The number of hydrogen-bond donors (Lipinski definition) is 0. The molecule has 0 saturated heterocycles. The van der Waals surface area contributed by atoms with E-state index in [9.17, 15) is 0 Å². The second-order valence-corrected chi connectivity index (χ2v) is 6.99.